The average Bonchev–Trinajstić information content (AvgIpc) is 3.12. The number of para-hydroxylation sites is 1. The van der Waals surface area contributed by atoms with E-state index in [1.807, 2.05) is 55.5 Å². The highest BCUT2D eigenvalue weighted by Gasteiger charge is 2.20. The molecule has 2 aromatic carbocycles. The van der Waals surface area contributed by atoms with Crippen LogP contribution in [0.25, 0.3) is 0 Å². The van der Waals surface area contributed by atoms with Gasteiger partial charge in [0, 0.05) is 23.1 Å². The van der Waals surface area contributed by atoms with Crippen molar-refractivity contribution in [2.45, 2.75) is 31.5 Å². The second kappa shape index (κ2) is 10.4. The molecule has 8 heteroatoms. The number of carbonyl (C=O) groups is 1. The van der Waals surface area contributed by atoms with Crippen molar-refractivity contribution >= 4 is 38.3 Å². The molecule has 156 valence electrons. The fourth-order valence-electron chi connectivity index (χ4n) is 3.04. The van der Waals surface area contributed by atoms with Crippen LogP contribution >= 0.6 is 15.9 Å². The molecule has 30 heavy (non-hydrogen) atoms. The average molecular weight is 487 g/mol. The minimum atomic E-state index is -1.63. The molecule has 0 radical (unpaired) electrons. The lowest BCUT2D eigenvalue weighted by molar-refractivity contribution is -0.113. The highest BCUT2D eigenvalue weighted by atomic mass is 79.9. The zero-order valence-electron chi connectivity index (χ0n) is 16.7. The van der Waals surface area contributed by atoms with Crippen molar-refractivity contribution < 1.29 is 9.00 Å². The minimum absolute atomic E-state index is 0.189. The first-order chi connectivity index (χ1) is 14.5. The summed E-state index contributed by atoms with van der Waals surface area (Å²) < 4.78 is 15.7. The van der Waals surface area contributed by atoms with Gasteiger partial charge in [0.1, 0.15) is 22.4 Å². The van der Waals surface area contributed by atoms with Gasteiger partial charge in [-0.15, -0.1) is 16.8 Å². The summed E-state index contributed by atoms with van der Waals surface area (Å²) in [7, 11) is -1.63. The van der Waals surface area contributed by atoms with Crippen molar-refractivity contribution in [3.8, 4) is 0 Å². The Kier molecular flexibility index (Phi) is 7.70. The third-order valence-corrected chi connectivity index (χ3v) is 6.28. The molecule has 0 saturated carbocycles. The Bertz CT molecular complexity index is 1060. The topological polar surface area (TPSA) is 76.9 Å². The maximum atomic E-state index is 12.9. The van der Waals surface area contributed by atoms with E-state index in [0.717, 1.165) is 27.7 Å². The highest BCUT2D eigenvalue weighted by Crippen LogP contribution is 2.17. The lowest BCUT2D eigenvalue weighted by Gasteiger charge is -2.10. The van der Waals surface area contributed by atoms with Crippen LogP contribution in [-0.4, -0.2) is 30.6 Å². The van der Waals surface area contributed by atoms with Gasteiger partial charge in [0.05, 0.1) is 0 Å². The van der Waals surface area contributed by atoms with E-state index >= 15 is 0 Å². The van der Waals surface area contributed by atoms with Crippen molar-refractivity contribution in [1.82, 2.24) is 14.8 Å². The normalized spacial score (nSPS) is 11.8. The number of carbonyl (C=O) groups excluding carboxylic acids is 1. The number of halogens is 1. The van der Waals surface area contributed by atoms with Crippen molar-refractivity contribution in [2.75, 3.05) is 11.1 Å². The Morgan fingerprint density at radius 3 is 2.63 bits per heavy atom. The highest BCUT2D eigenvalue weighted by molar-refractivity contribution is 9.10. The smallest absolute Gasteiger partial charge is 0.237 e. The first kappa shape index (κ1) is 22.1. The van der Waals surface area contributed by atoms with E-state index < -0.39 is 10.8 Å². The van der Waals surface area contributed by atoms with Crippen LogP contribution < -0.4 is 5.32 Å². The number of anilines is 1. The summed E-state index contributed by atoms with van der Waals surface area (Å²) in [4.78, 5) is 12.5. The van der Waals surface area contributed by atoms with E-state index in [1.165, 1.54) is 0 Å². The molecule has 0 saturated heterocycles. The molecule has 0 bridgehead atoms. The number of hydrogen-bond donors (Lipinski definition) is 1. The zero-order chi connectivity index (χ0) is 21.5. The minimum Gasteiger partial charge on any atom is -0.325 e. The summed E-state index contributed by atoms with van der Waals surface area (Å²) >= 11 is 3.42. The van der Waals surface area contributed by atoms with Crippen LogP contribution in [0, 0.1) is 0 Å². The first-order valence-electron chi connectivity index (χ1n) is 9.55. The molecule has 0 aliphatic rings. The molecule has 3 rings (SSSR count). The van der Waals surface area contributed by atoms with Gasteiger partial charge in [-0.05, 0) is 35.7 Å². The van der Waals surface area contributed by atoms with Gasteiger partial charge in [-0.3, -0.25) is 13.6 Å². The van der Waals surface area contributed by atoms with Crippen molar-refractivity contribution in [3.05, 3.63) is 82.6 Å². The summed E-state index contributed by atoms with van der Waals surface area (Å²) in [5.41, 5.74) is 2.83. The summed E-state index contributed by atoms with van der Waals surface area (Å²) in [5, 5.41) is 11.5. The predicted octanol–water partition coefficient (Wildman–Crippen LogP) is 4.13. The number of rotatable bonds is 9. The van der Waals surface area contributed by atoms with Crippen molar-refractivity contribution in [2.24, 2.45) is 0 Å². The third kappa shape index (κ3) is 5.52. The van der Waals surface area contributed by atoms with Crippen LogP contribution in [0.3, 0.4) is 0 Å². The molecule has 0 aliphatic heterocycles. The largest absolute Gasteiger partial charge is 0.325 e. The molecule has 6 nitrogen and oxygen atoms in total. The number of amides is 1. The van der Waals surface area contributed by atoms with E-state index in [1.54, 1.807) is 10.6 Å². The summed E-state index contributed by atoms with van der Waals surface area (Å²) in [5.74, 6) is 0.167. The van der Waals surface area contributed by atoms with Gasteiger partial charge in [-0.1, -0.05) is 59.3 Å². The Hall–Kier alpha value is -2.58. The van der Waals surface area contributed by atoms with Crippen LogP contribution in [0.15, 0.2) is 70.8 Å². The number of nitrogens with zero attached hydrogens (tertiary/aromatic N) is 3. The van der Waals surface area contributed by atoms with Crippen LogP contribution in [0.2, 0.25) is 0 Å². The van der Waals surface area contributed by atoms with Gasteiger partial charge in [-0.2, -0.15) is 0 Å². The van der Waals surface area contributed by atoms with Gasteiger partial charge in [0.2, 0.25) is 11.1 Å². The molecule has 0 spiro atoms. The monoisotopic (exact) mass is 486 g/mol. The number of allylic oxidation sites excluding steroid dienone is 1. The second-order valence-electron chi connectivity index (χ2n) is 6.65. The maximum absolute atomic E-state index is 12.9. The molecule has 1 unspecified atom stereocenters. The molecule has 1 aromatic heterocycles. The summed E-state index contributed by atoms with van der Waals surface area (Å²) in [6, 6.07) is 15.5. The van der Waals surface area contributed by atoms with E-state index in [-0.39, 0.29) is 16.8 Å². The van der Waals surface area contributed by atoms with E-state index in [2.05, 4.69) is 38.0 Å². The van der Waals surface area contributed by atoms with Gasteiger partial charge in [-0.25, -0.2) is 0 Å². The third-order valence-electron chi connectivity index (χ3n) is 4.52. The predicted molar refractivity (Wildman–Crippen MR) is 123 cm³/mol. The lowest BCUT2D eigenvalue weighted by Crippen LogP contribution is -2.22. The van der Waals surface area contributed by atoms with Crippen molar-refractivity contribution in [1.29, 1.82) is 0 Å². The standard InChI is InChI=1S/C22H23BrN4O2S/c1-3-13-27-20(14-16-9-11-18(23)12-10-16)25-26-22(27)30(29)15-21(28)24-19-8-6-5-7-17(19)4-2/h3,5-12H,1,4,13-15H2,2H3,(H,24,28). The number of nitrogens with one attached hydrogen (secondary N) is 1. The quantitative estimate of drug-likeness (QED) is 0.461. The number of aryl methyl sites for hydroxylation is 1. The maximum Gasteiger partial charge on any atom is 0.237 e. The molecular formula is C22H23BrN4O2S. The SMILES string of the molecule is C=CCn1c(Cc2ccc(Br)cc2)nnc1S(=O)CC(=O)Nc1ccccc1CC. The van der Waals surface area contributed by atoms with Gasteiger partial charge in [0.15, 0.2) is 0 Å². The molecular weight excluding hydrogens is 464 g/mol. The second-order valence-corrected chi connectivity index (χ2v) is 8.91. The molecule has 1 heterocycles. The molecule has 0 aliphatic carbocycles. The van der Waals surface area contributed by atoms with Gasteiger partial charge >= 0.3 is 0 Å². The van der Waals surface area contributed by atoms with Crippen LogP contribution in [0.4, 0.5) is 5.69 Å². The Balaban J connectivity index is 1.74. The van der Waals surface area contributed by atoms with Gasteiger partial charge in [0.25, 0.3) is 0 Å². The van der Waals surface area contributed by atoms with Gasteiger partial charge < -0.3 is 5.32 Å². The zero-order valence-corrected chi connectivity index (χ0v) is 19.1. The molecule has 1 N–H and O–H groups in total. The van der Waals surface area contributed by atoms with Crippen LogP contribution in [-0.2, 0) is 35.0 Å². The van der Waals surface area contributed by atoms with E-state index in [9.17, 15) is 9.00 Å². The fraction of sp³-hybridized carbons (Fsp3) is 0.227. The summed E-state index contributed by atoms with van der Waals surface area (Å²) in [6.07, 6.45) is 3.04. The molecule has 3 aromatic rings. The fourth-order valence-corrected chi connectivity index (χ4v) is 4.30. The van der Waals surface area contributed by atoms with E-state index in [0.29, 0.717) is 18.8 Å². The van der Waals surface area contributed by atoms with Crippen LogP contribution in [0.1, 0.15) is 23.9 Å². The van der Waals surface area contributed by atoms with E-state index in [4.69, 9.17) is 0 Å². The van der Waals surface area contributed by atoms with Crippen molar-refractivity contribution in [3.63, 3.8) is 0 Å². The first-order valence-corrected chi connectivity index (χ1v) is 11.7. The Labute approximate surface area is 187 Å². The Morgan fingerprint density at radius 2 is 1.93 bits per heavy atom. The Morgan fingerprint density at radius 1 is 1.20 bits per heavy atom. The molecule has 1 atom stereocenters. The molecule has 1 amide bonds. The lowest BCUT2D eigenvalue weighted by atomic mass is 10.1. The summed E-state index contributed by atoms with van der Waals surface area (Å²) in [6.45, 7) is 6.21. The van der Waals surface area contributed by atoms with Crippen LogP contribution in [0.5, 0.6) is 0 Å². The number of aromatic nitrogens is 3. The number of benzene rings is 2. The number of hydrogen-bond acceptors (Lipinski definition) is 4. The molecule has 0 fully saturated rings.